The zero-order chi connectivity index (χ0) is 14.9. The van der Waals surface area contributed by atoms with E-state index >= 15 is 0 Å². The SMILES string of the molecule is CCNC(CN1CCC2(CCCC2)CC1)(C(N)=O)C1CC1. The van der Waals surface area contributed by atoms with Crippen LogP contribution in [0.3, 0.4) is 0 Å². The normalized spacial score (nSPS) is 28.6. The lowest BCUT2D eigenvalue weighted by molar-refractivity contribution is -0.126. The van der Waals surface area contributed by atoms with Gasteiger partial charge < -0.3 is 16.0 Å². The van der Waals surface area contributed by atoms with Gasteiger partial charge in [-0.1, -0.05) is 19.8 Å². The van der Waals surface area contributed by atoms with Gasteiger partial charge >= 0.3 is 0 Å². The topological polar surface area (TPSA) is 58.4 Å². The van der Waals surface area contributed by atoms with Gasteiger partial charge in [0.05, 0.1) is 0 Å². The molecule has 0 aromatic heterocycles. The average Bonchev–Trinajstić information content (AvgIpc) is 3.23. The highest BCUT2D eigenvalue weighted by molar-refractivity contribution is 5.86. The zero-order valence-corrected chi connectivity index (χ0v) is 13.5. The van der Waals surface area contributed by atoms with Crippen molar-refractivity contribution in [2.45, 2.75) is 63.8 Å². The van der Waals surface area contributed by atoms with E-state index in [9.17, 15) is 4.79 Å². The number of likely N-dealkylation sites (tertiary alicyclic amines) is 1. The summed E-state index contributed by atoms with van der Waals surface area (Å²) in [7, 11) is 0. The van der Waals surface area contributed by atoms with Crippen molar-refractivity contribution in [3.05, 3.63) is 0 Å². The van der Waals surface area contributed by atoms with Crippen LogP contribution in [0.15, 0.2) is 0 Å². The average molecular weight is 293 g/mol. The number of rotatable bonds is 6. The van der Waals surface area contributed by atoms with Gasteiger partial charge in [-0.2, -0.15) is 0 Å². The summed E-state index contributed by atoms with van der Waals surface area (Å²) >= 11 is 0. The Morgan fingerprint density at radius 3 is 2.33 bits per heavy atom. The molecule has 3 fully saturated rings. The van der Waals surface area contributed by atoms with Crippen LogP contribution in [0.25, 0.3) is 0 Å². The highest BCUT2D eigenvalue weighted by Crippen LogP contribution is 2.47. The zero-order valence-electron chi connectivity index (χ0n) is 13.5. The maximum atomic E-state index is 12.1. The molecule has 0 aromatic carbocycles. The van der Waals surface area contributed by atoms with Gasteiger partial charge in [-0.05, 0) is 69.5 Å². The quantitative estimate of drug-likeness (QED) is 0.786. The van der Waals surface area contributed by atoms with Gasteiger partial charge in [0, 0.05) is 6.54 Å². The Kier molecular flexibility index (Phi) is 4.28. The summed E-state index contributed by atoms with van der Waals surface area (Å²) in [5, 5.41) is 3.45. The number of hydrogen-bond donors (Lipinski definition) is 2. The van der Waals surface area contributed by atoms with Gasteiger partial charge in [-0.3, -0.25) is 4.79 Å². The van der Waals surface area contributed by atoms with Crippen molar-refractivity contribution in [3.8, 4) is 0 Å². The highest BCUT2D eigenvalue weighted by Gasteiger charge is 2.50. The molecule has 4 nitrogen and oxygen atoms in total. The van der Waals surface area contributed by atoms with Crippen LogP contribution in [0, 0.1) is 11.3 Å². The Balaban J connectivity index is 1.62. The van der Waals surface area contributed by atoms with Crippen molar-refractivity contribution >= 4 is 5.91 Å². The van der Waals surface area contributed by atoms with Crippen molar-refractivity contribution < 1.29 is 4.79 Å². The van der Waals surface area contributed by atoms with Gasteiger partial charge in [0.1, 0.15) is 5.54 Å². The van der Waals surface area contributed by atoms with Crippen LogP contribution in [-0.2, 0) is 4.79 Å². The Morgan fingerprint density at radius 2 is 1.86 bits per heavy atom. The van der Waals surface area contributed by atoms with E-state index in [4.69, 9.17) is 5.73 Å². The molecule has 4 heteroatoms. The van der Waals surface area contributed by atoms with E-state index in [0.29, 0.717) is 11.3 Å². The molecule has 2 aliphatic carbocycles. The number of carbonyl (C=O) groups excluding carboxylic acids is 1. The van der Waals surface area contributed by atoms with Crippen molar-refractivity contribution in [2.75, 3.05) is 26.2 Å². The molecule has 1 amide bonds. The summed E-state index contributed by atoms with van der Waals surface area (Å²) in [6.45, 7) is 6.00. The Bertz CT molecular complexity index is 377. The van der Waals surface area contributed by atoms with Gasteiger partial charge in [-0.25, -0.2) is 0 Å². The van der Waals surface area contributed by atoms with Gasteiger partial charge in [0.25, 0.3) is 0 Å². The standard InChI is InChI=1S/C17H31N3O/c1-2-19-17(15(18)21,14-5-6-14)13-20-11-9-16(10-12-20)7-3-4-8-16/h14,19H,2-13H2,1H3,(H2,18,21). The van der Waals surface area contributed by atoms with Crippen LogP contribution in [0.5, 0.6) is 0 Å². The smallest absolute Gasteiger partial charge is 0.239 e. The fourth-order valence-electron chi connectivity index (χ4n) is 4.75. The monoisotopic (exact) mass is 293 g/mol. The first kappa shape index (κ1) is 15.3. The lowest BCUT2D eigenvalue weighted by Crippen LogP contribution is -2.64. The lowest BCUT2D eigenvalue weighted by atomic mass is 9.76. The summed E-state index contributed by atoms with van der Waals surface area (Å²) in [5.74, 6) is 0.310. The molecule has 21 heavy (non-hydrogen) atoms. The third-order valence-corrected chi connectivity index (χ3v) is 6.26. The molecular formula is C17H31N3O. The number of carbonyl (C=O) groups is 1. The molecule has 3 N–H and O–H groups in total. The van der Waals surface area contributed by atoms with Crippen molar-refractivity contribution in [1.82, 2.24) is 10.2 Å². The van der Waals surface area contributed by atoms with E-state index in [2.05, 4.69) is 17.1 Å². The molecular weight excluding hydrogens is 262 g/mol. The maximum Gasteiger partial charge on any atom is 0.239 e. The number of nitrogens with one attached hydrogen (secondary N) is 1. The largest absolute Gasteiger partial charge is 0.368 e. The number of hydrogen-bond acceptors (Lipinski definition) is 3. The van der Waals surface area contributed by atoms with E-state index in [1.54, 1.807) is 0 Å². The molecule has 1 saturated heterocycles. The number of primary amides is 1. The Labute approximate surface area is 128 Å². The molecule has 0 aromatic rings. The minimum atomic E-state index is -0.477. The fourth-order valence-corrected chi connectivity index (χ4v) is 4.75. The number of piperidine rings is 1. The molecule has 1 atom stereocenters. The third kappa shape index (κ3) is 2.98. The molecule has 1 unspecified atom stereocenters. The molecule has 1 spiro atoms. The predicted octanol–water partition coefficient (Wildman–Crippen LogP) is 1.89. The maximum absolute atomic E-state index is 12.1. The number of nitrogens with zero attached hydrogens (tertiary/aromatic N) is 1. The summed E-state index contributed by atoms with van der Waals surface area (Å²) in [6.07, 6.45) is 10.6. The van der Waals surface area contributed by atoms with Gasteiger partial charge in [-0.15, -0.1) is 0 Å². The predicted molar refractivity (Wildman–Crippen MR) is 84.9 cm³/mol. The first-order chi connectivity index (χ1) is 10.1. The Morgan fingerprint density at radius 1 is 1.24 bits per heavy atom. The van der Waals surface area contributed by atoms with Crippen LogP contribution in [0.4, 0.5) is 0 Å². The molecule has 3 rings (SSSR count). The van der Waals surface area contributed by atoms with Crippen LogP contribution >= 0.6 is 0 Å². The molecule has 120 valence electrons. The van der Waals surface area contributed by atoms with E-state index in [-0.39, 0.29) is 5.91 Å². The molecule has 3 aliphatic rings. The van der Waals surface area contributed by atoms with E-state index < -0.39 is 5.54 Å². The van der Waals surface area contributed by atoms with Crippen LogP contribution in [0.1, 0.15) is 58.3 Å². The number of likely N-dealkylation sites (N-methyl/N-ethyl adjacent to an activating group) is 1. The molecule has 0 radical (unpaired) electrons. The van der Waals surface area contributed by atoms with Gasteiger partial charge in [0.15, 0.2) is 0 Å². The summed E-state index contributed by atoms with van der Waals surface area (Å²) in [5.41, 5.74) is 5.97. The molecule has 2 saturated carbocycles. The second-order valence-electron chi connectivity index (χ2n) is 7.62. The fraction of sp³-hybridized carbons (Fsp3) is 0.941. The highest BCUT2D eigenvalue weighted by atomic mass is 16.1. The number of nitrogens with two attached hydrogens (primary N) is 1. The lowest BCUT2D eigenvalue weighted by Gasteiger charge is -2.43. The van der Waals surface area contributed by atoms with E-state index in [0.717, 1.165) is 39.0 Å². The third-order valence-electron chi connectivity index (χ3n) is 6.26. The van der Waals surface area contributed by atoms with Crippen molar-refractivity contribution in [3.63, 3.8) is 0 Å². The molecule has 0 bridgehead atoms. The minimum absolute atomic E-state index is 0.145. The van der Waals surface area contributed by atoms with E-state index in [1.807, 2.05) is 0 Å². The van der Waals surface area contributed by atoms with Crippen LogP contribution in [-0.4, -0.2) is 42.5 Å². The number of amides is 1. The Hall–Kier alpha value is -0.610. The first-order valence-electron chi connectivity index (χ1n) is 8.88. The minimum Gasteiger partial charge on any atom is -0.368 e. The second kappa shape index (κ2) is 5.88. The van der Waals surface area contributed by atoms with Crippen molar-refractivity contribution in [2.24, 2.45) is 17.1 Å². The summed E-state index contributed by atoms with van der Waals surface area (Å²) in [6, 6.07) is 0. The molecule has 1 heterocycles. The van der Waals surface area contributed by atoms with Crippen LogP contribution in [0.2, 0.25) is 0 Å². The summed E-state index contributed by atoms with van der Waals surface area (Å²) in [4.78, 5) is 14.6. The van der Waals surface area contributed by atoms with E-state index in [1.165, 1.54) is 38.5 Å². The first-order valence-corrected chi connectivity index (χ1v) is 8.88. The molecule has 1 aliphatic heterocycles. The van der Waals surface area contributed by atoms with Gasteiger partial charge in [0.2, 0.25) is 5.91 Å². The van der Waals surface area contributed by atoms with Crippen molar-refractivity contribution in [1.29, 1.82) is 0 Å². The summed E-state index contributed by atoms with van der Waals surface area (Å²) < 4.78 is 0. The second-order valence-corrected chi connectivity index (χ2v) is 7.62. The van der Waals surface area contributed by atoms with Crippen LogP contribution < -0.4 is 11.1 Å².